The number of rotatable bonds is 3. The Bertz CT molecular complexity index is 541. The predicted molar refractivity (Wildman–Crippen MR) is 82.1 cm³/mol. The van der Waals surface area contributed by atoms with Crippen LogP contribution in [0.25, 0.3) is 0 Å². The molecular formula is C16H18BrN. The second kappa shape index (κ2) is 5.57. The molecule has 0 aliphatic carbocycles. The van der Waals surface area contributed by atoms with Crippen LogP contribution < -0.4 is 5.32 Å². The Morgan fingerprint density at radius 1 is 0.889 bits per heavy atom. The molecule has 0 saturated heterocycles. The lowest BCUT2D eigenvalue weighted by molar-refractivity contribution is 1.13. The van der Waals surface area contributed by atoms with Crippen LogP contribution in [-0.4, -0.2) is 0 Å². The van der Waals surface area contributed by atoms with Gasteiger partial charge in [-0.05, 0) is 61.2 Å². The molecule has 0 saturated carbocycles. The van der Waals surface area contributed by atoms with Crippen molar-refractivity contribution >= 4 is 21.6 Å². The summed E-state index contributed by atoms with van der Waals surface area (Å²) >= 11 is 3.61. The van der Waals surface area contributed by atoms with Crippen molar-refractivity contribution in [2.24, 2.45) is 0 Å². The lowest BCUT2D eigenvalue weighted by Crippen LogP contribution is -2.01. The molecule has 0 fully saturated rings. The third-order valence-corrected chi connectivity index (χ3v) is 3.65. The highest BCUT2D eigenvalue weighted by Gasteiger charge is 2.01. The summed E-state index contributed by atoms with van der Waals surface area (Å²) in [5.41, 5.74) is 6.32. The van der Waals surface area contributed by atoms with Gasteiger partial charge >= 0.3 is 0 Å². The van der Waals surface area contributed by atoms with Gasteiger partial charge in [0.15, 0.2) is 0 Å². The van der Waals surface area contributed by atoms with Gasteiger partial charge in [0.05, 0.1) is 0 Å². The minimum atomic E-state index is 0.837. The Morgan fingerprint density at radius 3 is 2.17 bits per heavy atom. The first-order valence-corrected chi connectivity index (χ1v) is 6.91. The number of nitrogens with one attached hydrogen (secondary N) is 1. The van der Waals surface area contributed by atoms with Crippen LogP contribution in [0.3, 0.4) is 0 Å². The quantitative estimate of drug-likeness (QED) is 0.842. The van der Waals surface area contributed by atoms with Crippen molar-refractivity contribution in [3.8, 4) is 0 Å². The number of hydrogen-bond donors (Lipinski definition) is 1. The highest BCUT2D eigenvalue weighted by atomic mass is 79.9. The molecule has 0 amide bonds. The molecule has 0 unspecified atom stereocenters. The van der Waals surface area contributed by atoms with E-state index < -0.39 is 0 Å². The van der Waals surface area contributed by atoms with Crippen molar-refractivity contribution in [1.82, 2.24) is 0 Å². The molecule has 1 nitrogen and oxygen atoms in total. The largest absolute Gasteiger partial charge is 0.381 e. The first kappa shape index (κ1) is 13.2. The maximum atomic E-state index is 3.61. The molecule has 2 heteroatoms. The van der Waals surface area contributed by atoms with Crippen molar-refractivity contribution in [2.75, 3.05) is 5.32 Å². The monoisotopic (exact) mass is 303 g/mol. The van der Waals surface area contributed by atoms with Gasteiger partial charge in [-0.15, -0.1) is 0 Å². The van der Waals surface area contributed by atoms with Crippen LogP contribution in [0.1, 0.15) is 22.3 Å². The molecule has 0 spiro atoms. The van der Waals surface area contributed by atoms with Crippen LogP contribution in [-0.2, 0) is 6.54 Å². The topological polar surface area (TPSA) is 12.0 Å². The van der Waals surface area contributed by atoms with Crippen LogP contribution in [0.2, 0.25) is 0 Å². The molecule has 0 radical (unpaired) electrons. The van der Waals surface area contributed by atoms with Gasteiger partial charge in [0, 0.05) is 16.7 Å². The molecule has 0 heterocycles. The molecular weight excluding hydrogens is 286 g/mol. The molecule has 0 aliphatic heterocycles. The maximum absolute atomic E-state index is 3.61. The average Bonchev–Trinajstić information content (AvgIpc) is 2.26. The first-order valence-electron chi connectivity index (χ1n) is 6.12. The normalized spacial score (nSPS) is 10.4. The second-order valence-electron chi connectivity index (χ2n) is 4.82. The fourth-order valence-electron chi connectivity index (χ4n) is 2.07. The van der Waals surface area contributed by atoms with Crippen LogP contribution >= 0.6 is 15.9 Å². The molecule has 0 aromatic heterocycles. The van der Waals surface area contributed by atoms with E-state index in [-0.39, 0.29) is 0 Å². The fraction of sp³-hybridized carbons (Fsp3) is 0.250. The van der Waals surface area contributed by atoms with Crippen molar-refractivity contribution in [3.05, 3.63) is 63.1 Å². The standard InChI is InChI=1S/C16H18BrN/c1-11-4-5-14(16(17)9-11)10-18-15-7-12(2)6-13(3)8-15/h4-9,18H,10H2,1-3H3. The third-order valence-electron chi connectivity index (χ3n) is 2.91. The van der Waals surface area contributed by atoms with Crippen LogP contribution in [0.15, 0.2) is 40.9 Å². The van der Waals surface area contributed by atoms with E-state index in [1.54, 1.807) is 0 Å². The minimum absolute atomic E-state index is 0.837. The lowest BCUT2D eigenvalue weighted by Gasteiger charge is -2.10. The van der Waals surface area contributed by atoms with E-state index in [1.807, 2.05) is 0 Å². The van der Waals surface area contributed by atoms with E-state index in [0.717, 1.165) is 6.54 Å². The van der Waals surface area contributed by atoms with Gasteiger partial charge in [-0.25, -0.2) is 0 Å². The van der Waals surface area contributed by atoms with E-state index in [0.29, 0.717) is 0 Å². The van der Waals surface area contributed by atoms with Crippen LogP contribution in [0, 0.1) is 20.8 Å². The number of hydrogen-bond acceptors (Lipinski definition) is 1. The van der Waals surface area contributed by atoms with Gasteiger partial charge in [0.1, 0.15) is 0 Å². The van der Waals surface area contributed by atoms with Gasteiger partial charge in [-0.3, -0.25) is 0 Å². The SMILES string of the molecule is Cc1cc(C)cc(NCc2ccc(C)cc2Br)c1. The molecule has 94 valence electrons. The summed E-state index contributed by atoms with van der Waals surface area (Å²) in [5, 5.41) is 3.47. The zero-order chi connectivity index (χ0) is 13.1. The summed E-state index contributed by atoms with van der Waals surface area (Å²) in [4.78, 5) is 0. The summed E-state index contributed by atoms with van der Waals surface area (Å²) in [5.74, 6) is 0. The Kier molecular flexibility index (Phi) is 4.07. The fourth-order valence-corrected chi connectivity index (χ4v) is 2.70. The van der Waals surface area contributed by atoms with Crippen molar-refractivity contribution < 1.29 is 0 Å². The Hall–Kier alpha value is -1.28. The molecule has 0 atom stereocenters. The smallest absolute Gasteiger partial charge is 0.0411 e. The second-order valence-corrected chi connectivity index (χ2v) is 5.68. The van der Waals surface area contributed by atoms with Crippen molar-refractivity contribution in [1.29, 1.82) is 0 Å². The van der Waals surface area contributed by atoms with Crippen LogP contribution in [0.4, 0.5) is 5.69 Å². The molecule has 18 heavy (non-hydrogen) atoms. The summed E-state index contributed by atoms with van der Waals surface area (Å²) in [7, 11) is 0. The molecule has 2 aromatic rings. The van der Waals surface area contributed by atoms with E-state index in [2.05, 4.69) is 78.4 Å². The van der Waals surface area contributed by atoms with E-state index in [1.165, 1.54) is 32.4 Å². The van der Waals surface area contributed by atoms with Gasteiger partial charge in [-0.1, -0.05) is 34.1 Å². The summed E-state index contributed by atoms with van der Waals surface area (Å²) < 4.78 is 1.17. The van der Waals surface area contributed by atoms with Crippen molar-refractivity contribution in [2.45, 2.75) is 27.3 Å². The number of halogens is 1. The Morgan fingerprint density at radius 2 is 1.56 bits per heavy atom. The Labute approximate surface area is 117 Å². The van der Waals surface area contributed by atoms with E-state index >= 15 is 0 Å². The highest BCUT2D eigenvalue weighted by Crippen LogP contribution is 2.20. The van der Waals surface area contributed by atoms with E-state index in [4.69, 9.17) is 0 Å². The van der Waals surface area contributed by atoms with Gasteiger partial charge < -0.3 is 5.32 Å². The number of benzene rings is 2. The zero-order valence-corrected chi connectivity index (χ0v) is 12.6. The summed E-state index contributed by atoms with van der Waals surface area (Å²) in [6.45, 7) is 7.19. The minimum Gasteiger partial charge on any atom is -0.381 e. The van der Waals surface area contributed by atoms with E-state index in [9.17, 15) is 0 Å². The Balaban J connectivity index is 2.11. The number of aryl methyl sites for hydroxylation is 3. The molecule has 0 aliphatic rings. The predicted octanol–water partition coefficient (Wildman–Crippen LogP) is 4.99. The molecule has 0 bridgehead atoms. The zero-order valence-electron chi connectivity index (χ0n) is 11.0. The average molecular weight is 304 g/mol. The molecule has 2 rings (SSSR count). The molecule has 2 aromatic carbocycles. The highest BCUT2D eigenvalue weighted by molar-refractivity contribution is 9.10. The lowest BCUT2D eigenvalue weighted by atomic mass is 10.1. The number of anilines is 1. The van der Waals surface area contributed by atoms with Crippen LogP contribution in [0.5, 0.6) is 0 Å². The first-order chi connectivity index (χ1) is 8.54. The maximum Gasteiger partial charge on any atom is 0.0411 e. The summed E-state index contributed by atoms with van der Waals surface area (Å²) in [6.07, 6.45) is 0. The summed E-state index contributed by atoms with van der Waals surface area (Å²) in [6, 6.07) is 13.0. The van der Waals surface area contributed by atoms with Gasteiger partial charge in [0.25, 0.3) is 0 Å². The van der Waals surface area contributed by atoms with Crippen molar-refractivity contribution in [3.63, 3.8) is 0 Å². The molecule has 1 N–H and O–H groups in total. The van der Waals surface area contributed by atoms with Gasteiger partial charge in [-0.2, -0.15) is 0 Å². The third kappa shape index (κ3) is 3.36. The van der Waals surface area contributed by atoms with Gasteiger partial charge in [0.2, 0.25) is 0 Å².